The van der Waals surface area contributed by atoms with Gasteiger partial charge in [0.05, 0.1) is 5.56 Å². The highest BCUT2D eigenvalue weighted by Crippen LogP contribution is 2.34. The van der Waals surface area contributed by atoms with Crippen LogP contribution < -0.4 is 10.6 Å². The monoisotopic (exact) mass is 276 g/mol. The molecule has 0 saturated carbocycles. The number of aliphatic hydroxyl groups excluding tert-OH is 1. The van der Waals surface area contributed by atoms with E-state index in [2.05, 4.69) is 0 Å². The zero-order valence-electron chi connectivity index (χ0n) is 10.9. The van der Waals surface area contributed by atoms with E-state index in [1.807, 2.05) is 6.92 Å². The van der Waals surface area contributed by atoms with E-state index in [0.29, 0.717) is 25.2 Å². The van der Waals surface area contributed by atoms with Crippen LogP contribution in [0.15, 0.2) is 18.2 Å². The maximum Gasteiger partial charge on any atom is 0.416 e. The molecule has 6 heteroatoms. The third-order valence-corrected chi connectivity index (χ3v) is 2.95. The van der Waals surface area contributed by atoms with Gasteiger partial charge in [0.25, 0.3) is 0 Å². The van der Waals surface area contributed by atoms with E-state index < -0.39 is 11.7 Å². The summed E-state index contributed by atoms with van der Waals surface area (Å²) in [6, 6.07) is 4.18. The summed E-state index contributed by atoms with van der Waals surface area (Å²) in [5.41, 5.74) is 5.25. The van der Waals surface area contributed by atoms with E-state index in [0.717, 1.165) is 6.07 Å². The fraction of sp³-hybridized carbons (Fsp3) is 0.538. The smallest absolute Gasteiger partial charge is 0.396 e. The number of benzene rings is 1. The summed E-state index contributed by atoms with van der Waals surface area (Å²) in [5, 5.41) is 8.80. The Morgan fingerprint density at radius 2 is 2.00 bits per heavy atom. The van der Waals surface area contributed by atoms with Crippen LogP contribution in [0.2, 0.25) is 0 Å². The highest BCUT2D eigenvalue weighted by molar-refractivity contribution is 5.52. The normalized spacial score (nSPS) is 11.7. The Morgan fingerprint density at radius 3 is 2.47 bits per heavy atom. The van der Waals surface area contributed by atoms with E-state index in [-0.39, 0.29) is 18.7 Å². The number of rotatable bonds is 6. The third-order valence-electron chi connectivity index (χ3n) is 2.95. The van der Waals surface area contributed by atoms with E-state index in [4.69, 9.17) is 10.8 Å². The van der Waals surface area contributed by atoms with Crippen LogP contribution >= 0.6 is 0 Å². The average molecular weight is 276 g/mol. The van der Waals surface area contributed by atoms with Gasteiger partial charge in [0.2, 0.25) is 0 Å². The average Bonchev–Trinajstić information content (AvgIpc) is 2.38. The van der Waals surface area contributed by atoms with Gasteiger partial charge in [-0.15, -0.1) is 0 Å². The molecule has 0 fully saturated rings. The Hall–Kier alpha value is -1.27. The highest BCUT2D eigenvalue weighted by atomic mass is 19.4. The standard InChI is InChI=1S/C13H19F3N2O/c1-2-18(6-3-7-19)11-5-4-10(9-17)12(8-11)13(14,15)16/h4-5,8,19H,2-3,6-7,9,17H2,1H3. The van der Waals surface area contributed by atoms with Gasteiger partial charge >= 0.3 is 6.18 Å². The molecule has 0 atom stereocenters. The Labute approximate surface area is 110 Å². The zero-order valence-corrected chi connectivity index (χ0v) is 10.9. The number of nitrogens with two attached hydrogens (primary N) is 1. The molecule has 3 nitrogen and oxygen atoms in total. The van der Waals surface area contributed by atoms with Crippen LogP contribution in [0.5, 0.6) is 0 Å². The lowest BCUT2D eigenvalue weighted by atomic mass is 10.1. The van der Waals surface area contributed by atoms with Crippen molar-refractivity contribution in [2.24, 2.45) is 5.73 Å². The van der Waals surface area contributed by atoms with Crippen LogP contribution in [0, 0.1) is 0 Å². The highest BCUT2D eigenvalue weighted by Gasteiger charge is 2.33. The van der Waals surface area contributed by atoms with Crippen LogP contribution in [-0.4, -0.2) is 24.8 Å². The predicted molar refractivity (Wildman–Crippen MR) is 68.9 cm³/mol. The molecule has 19 heavy (non-hydrogen) atoms. The minimum Gasteiger partial charge on any atom is -0.396 e. The van der Waals surface area contributed by atoms with Crippen LogP contribution in [-0.2, 0) is 12.7 Å². The van der Waals surface area contributed by atoms with Crippen molar-refractivity contribution in [2.45, 2.75) is 26.1 Å². The maximum absolute atomic E-state index is 12.9. The summed E-state index contributed by atoms with van der Waals surface area (Å²) in [7, 11) is 0. The van der Waals surface area contributed by atoms with Gasteiger partial charge in [-0.05, 0) is 31.0 Å². The number of halogens is 3. The molecule has 0 aliphatic heterocycles. The topological polar surface area (TPSA) is 49.5 Å². The second-order valence-corrected chi connectivity index (χ2v) is 4.20. The number of nitrogens with zero attached hydrogens (tertiary/aromatic N) is 1. The predicted octanol–water partition coefficient (Wildman–Crippen LogP) is 2.37. The largest absolute Gasteiger partial charge is 0.416 e. The van der Waals surface area contributed by atoms with Crippen LogP contribution in [0.1, 0.15) is 24.5 Å². The first-order valence-corrected chi connectivity index (χ1v) is 6.20. The van der Waals surface area contributed by atoms with Gasteiger partial charge in [-0.1, -0.05) is 6.07 Å². The maximum atomic E-state index is 12.9. The molecule has 0 unspecified atom stereocenters. The Balaban J connectivity index is 3.09. The molecular weight excluding hydrogens is 257 g/mol. The Morgan fingerprint density at radius 1 is 1.32 bits per heavy atom. The summed E-state index contributed by atoms with van der Waals surface area (Å²) >= 11 is 0. The second-order valence-electron chi connectivity index (χ2n) is 4.20. The molecule has 0 amide bonds. The van der Waals surface area contributed by atoms with Crippen LogP contribution in [0.25, 0.3) is 0 Å². The molecule has 1 aromatic rings. The van der Waals surface area contributed by atoms with Crippen molar-refractivity contribution in [2.75, 3.05) is 24.6 Å². The molecular formula is C13H19F3N2O. The lowest BCUT2D eigenvalue weighted by molar-refractivity contribution is -0.138. The molecule has 3 N–H and O–H groups in total. The molecule has 0 aromatic heterocycles. The fourth-order valence-electron chi connectivity index (χ4n) is 1.93. The second kappa shape index (κ2) is 6.77. The fourth-order valence-corrected chi connectivity index (χ4v) is 1.93. The SMILES string of the molecule is CCN(CCCO)c1ccc(CN)c(C(F)(F)F)c1. The molecule has 1 aromatic carbocycles. The lowest BCUT2D eigenvalue weighted by Gasteiger charge is -2.24. The third kappa shape index (κ3) is 4.11. The van der Waals surface area contributed by atoms with E-state index in [1.54, 1.807) is 11.0 Å². The summed E-state index contributed by atoms with van der Waals surface area (Å²) in [6.45, 7) is 2.84. The number of hydrogen-bond acceptors (Lipinski definition) is 3. The number of hydrogen-bond donors (Lipinski definition) is 2. The first-order chi connectivity index (χ1) is 8.93. The van der Waals surface area contributed by atoms with Gasteiger partial charge in [0, 0.05) is 31.9 Å². The first-order valence-electron chi connectivity index (χ1n) is 6.20. The van der Waals surface area contributed by atoms with Crippen molar-refractivity contribution < 1.29 is 18.3 Å². The van der Waals surface area contributed by atoms with Gasteiger partial charge in [-0.2, -0.15) is 13.2 Å². The molecule has 0 spiro atoms. The zero-order chi connectivity index (χ0) is 14.5. The minimum atomic E-state index is -4.40. The van der Waals surface area contributed by atoms with Crippen molar-refractivity contribution in [1.82, 2.24) is 0 Å². The van der Waals surface area contributed by atoms with Gasteiger partial charge in [0.15, 0.2) is 0 Å². The van der Waals surface area contributed by atoms with Crippen molar-refractivity contribution in [3.63, 3.8) is 0 Å². The van der Waals surface area contributed by atoms with Gasteiger partial charge in [-0.3, -0.25) is 0 Å². The van der Waals surface area contributed by atoms with Crippen molar-refractivity contribution >= 4 is 5.69 Å². The summed E-state index contributed by atoms with van der Waals surface area (Å²) < 4.78 is 38.8. The van der Waals surface area contributed by atoms with E-state index in [1.165, 1.54) is 6.07 Å². The van der Waals surface area contributed by atoms with Crippen LogP contribution in [0.3, 0.4) is 0 Å². The molecule has 0 bridgehead atoms. The quantitative estimate of drug-likeness (QED) is 0.838. The molecule has 0 aliphatic rings. The Kier molecular flexibility index (Phi) is 5.62. The Bertz CT molecular complexity index is 407. The number of aliphatic hydroxyl groups is 1. The summed E-state index contributed by atoms with van der Waals surface area (Å²) in [5.74, 6) is 0. The molecule has 1 rings (SSSR count). The summed E-state index contributed by atoms with van der Waals surface area (Å²) in [6.07, 6.45) is -3.88. The number of alkyl halides is 3. The molecule has 0 heterocycles. The molecule has 0 saturated heterocycles. The molecule has 108 valence electrons. The number of anilines is 1. The van der Waals surface area contributed by atoms with Crippen LogP contribution in [0.4, 0.5) is 18.9 Å². The summed E-state index contributed by atoms with van der Waals surface area (Å²) in [4.78, 5) is 1.80. The van der Waals surface area contributed by atoms with Gasteiger partial charge < -0.3 is 15.7 Å². The molecule has 0 radical (unpaired) electrons. The van der Waals surface area contributed by atoms with Gasteiger partial charge in [-0.25, -0.2) is 0 Å². The van der Waals surface area contributed by atoms with Crippen molar-refractivity contribution in [3.05, 3.63) is 29.3 Å². The van der Waals surface area contributed by atoms with Gasteiger partial charge in [0.1, 0.15) is 0 Å². The van der Waals surface area contributed by atoms with E-state index in [9.17, 15) is 13.2 Å². The van der Waals surface area contributed by atoms with E-state index >= 15 is 0 Å². The van der Waals surface area contributed by atoms with Crippen molar-refractivity contribution in [3.8, 4) is 0 Å². The van der Waals surface area contributed by atoms with Crippen molar-refractivity contribution in [1.29, 1.82) is 0 Å². The molecule has 0 aliphatic carbocycles. The lowest BCUT2D eigenvalue weighted by Crippen LogP contribution is -2.25. The first kappa shape index (κ1) is 15.8. The minimum absolute atomic E-state index is 0.0174.